The molecule has 0 bridgehead atoms. The zero-order valence-corrected chi connectivity index (χ0v) is 8.66. The Morgan fingerprint density at radius 3 is 3.07 bits per heavy atom. The fourth-order valence-electron chi connectivity index (χ4n) is 1.02. The van der Waals surface area contributed by atoms with Crippen molar-refractivity contribution in [3.05, 3.63) is 41.7 Å². The standard InChI is InChI=1S/C10H11ClN2O/c1-3-6-13(2)10(14)8-7-12-5-4-9(8)11/h3-5,7H,1,6H2,2H3. The fraction of sp³-hybridized carbons (Fsp3) is 0.200. The molecule has 0 fully saturated rings. The highest BCUT2D eigenvalue weighted by Crippen LogP contribution is 2.14. The summed E-state index contributed by atoms with van der Waals surface area (Å²) in [6, 6.07) is 1.59. The molecule has 4 heteroatoms. The molecule has 1 rings (SSSR count). The molecule has 0 unspecified atom stereocenters. The van der Waals surface area contributed by atoms with E-state index in [2.05, 4.69) is 11.6 Å². The van der Waals surface area contributed by atoms with E-state index in [-0.39, 0.29) is 5.91 Å². The van der Waals surface area contributed by atoms with Gasteiger partial charge in [-0.2, -0.15) is 0 Å². The molecule has 0 saturated heterocycles. The summed E-state index contributed by atoms with van der Waals surface area (Å²) in [5.74, 6) is -0.150. The van der Waals surface area contributed by atoms with Gasteiger partial charge in [0.05, 0.1) is 10.6 Å². The smallest absolute Gasteiger partial charge is 0.256 e. The maximum absolute atomic E-state index is 11.7. The van der Waals surface area contributed by atoms with E-state index in [4.69, 9.17) is 11.6 Å². The number of hydrogen-bond acceptors (Lipinski definition) is 2. The second kappa shape index (κ2) is 4.77. The summed E-state index contributed by atoms with van der Waals surface area (Å²) in [5, 5.41) is 0.418. The van der Waals surface area contributed by atoms with Crippen molar-refractivity contribution in [3.63, 3.8) is 0 Å². The molecule has 0 radical (unpaired) electrons. The summed E-state index contributed by atoms with van der Waals surface area (Å²) in [7, 11) is 1.69. The summed E-state index contributed by atoms with van der Waals surface area (Å²) >= 11 is 5.85. The maximum atomic E-state index is 11.7. The number of halogens is 1. The number of pyridine rings is 1. The predicted octanol–water partition coefficient (Wildman–Crippen LogP) is 1.99. The number of hydrogen-bond donors (Lipinski definition) is 0. The molecule has 1 amide bonds. The third-order valence-electron chi connectivity index (χ3n) is 1.75. The molecule has 0 aliphatic heterocycles. The van der Waals surface area contributed by atoms with Crippen LogP contribution in [0.4, 0.5) is 0 Å². The van der Waals surface area contributed by atoms with Crippen LogP contribution in [0.3, 0.4) is 0 Å². The van der Waals surface area contributed by atoms with Crippen molar-refractivity contribution in [1.29, 1.82) is 0 Å². The molecule has 1 aromatic rings. The zero-order valence-electron chi connectivity index (χ0n) is 7.90. The van der Waals surface area contributed by atoms with Gasteiger partial charge in [-0.1, -0.05) is 17.7 Å². The van der Waals surface area contributed by atoms with Gasteiger partial charge in [-0.25, -0.2) is 0 Å². The van der Waals surface area contributed by atoms with Gasteiger partial charge in [-0.15, -0.1) is 6.58 Å². The fourth-order valence-corrected chi connectivity index (χ4v) is 1.20. The van der Waals surface area contributed by atoms with E-state index in [0.717, 1.165) is 0 Å². The van der Waals surface area contributed by atoms with Gasteiger partial charge >= 0.3 is 0 Å². The normalized spacial score (nSPS) is 9.57. The first-order valence-corrected chi connectivity index (χ1v) is 4.50. The summed E-state index contributed by atoms with van der Waals surface area (Å²) in [6.45, 7) is 4.05. The third kappa shape index (κ3) is 2.33. The Bertz CT molecular complexity index is 352. The minimum atomic E-state index is -0.150. The second-order valence-corrected chi connectivity index (χ2v) is 3.24. The van der Waals surface area contributed by atoms with Gasteiger partial charge in [0.1, 0.15) is 0 Å². The summed E-state index contributed by atoms with van der Waals surface area (Å²) in [4.78, 5) is 17.1. The van der Waals surface area contributed by atoms with Crippen LogP contribution in [0.1, 0.15) is 10.4 Å². The Balaban J connectivity index is 2.89. The first-order chi connectivity index (χ1) is 6.66. The molecule has 0 aliphatic carbocycles. The number of likely N-dealkylation sites (N-methyl/N-ethyl adjacent to an activating group) is 1. The van der Waals surface area contributed by atoms with Crippen LogP contribution >= 0.6 is 11.6 Å². The lowest BCUT2D eigenvalue weighted by atomic mass is 10.2. The number of nitrogens with zero attached hydrogens (tertiary/aromatic N) is 2. The highest BCUT2D eigenvalue weighted by molar-refractivity contribution is 6.33. The number of rotatable bonds is 3. The van der Waals surface area contributed by atoms with Crippen molar-refractivity contribution in [2.45, 2.75) is 0 Å². The Morgan fingerprint density at radius 2 is 2.50 bits per heavy atom. The van der Waals surface area contributed by atoms with E-state index in [1.807, 2.05) is 0 Å². The molecular weight excluding hydrogens is 200 g/mol. The first kappa shape index (κ1) is 10.7. The highest BCUT2D eigenvalue weighted by Gasteiger charge is 2.13. The average Bonchev–Trinajstić information content (AvgIpc) is 2.18. The Hall–Kier alpha value is -1.35. The largest absolute Gasteiger partial charge is 0.338 e. The topological polar surface area (TPSA) is 33.2 Å². The molecule has 0 N–H and O–H groups in total. The van der Waals surface area contributed by atoms with Gasteiger partial charge < -0.3 is 4.90 Å². The van der Waals surface area contributed by atoms with E-state index in [1.165, 1.54) is 11.1 Å². The molecule has 0 aliphatic rings. The van der Waals surface area contributed by atoms with Gasteiger partial charge in [0.25, 0.3) is 5.91 Å². The molecule has 0 spiro atoms. The molecule has 3 nitrogen and oxygen atoms in total. The van der Waals surface area contributed by atoms with Crippen molar-refractivity contribution in [2.24, 2.45) is 0 Å². The Kier molecular flexibility index (Phi) is 3.65. The van der Waals surface area contributed by atoms with Crippen LogP contribution in [0.25, 0.3) is 0 Å². The van der Waals surface area contributed by atoms with Crippen LogP contribution < -0.4 is 0 Å². The molecule has 14 heavy (non-hydrogen) atoms. The summed E-state index contributed by atoms with van der Waals surface area (Å²) in [5.41, 5.74) is 0.415. The minimum Gasteiger partial charge on any atom is -0.338 e. The van der Waals surface area contributed by atoms with Gasteiger partial charge in [-0.3, -0.25) is 9.78 Å². The van der Waals surface area contributed by atoms with Crippen LogP contribution in [0.2, 0.25) is 5.02 Å². The zero-order chi connectivity index (χ0) is 10.6. The number of amides is 1. The number of carbonyl (C=O) groups is 1. The third-order valence-corrected chi connectivity index (χ3v) is 2.08. The van der Waals surface area contributed by atoms with E-state index in [9.17, 15) is 4.79 Å². The average molecular weight is 211 g/mol. The quantitative estimate of drug-likeness (QED) is 0.715. The van der Waals surface area contributed by atoms with Crippen molar-refractivity contribution in [2.75, 3.05) is 13.6 Å². The lowest BCUT2D eigenvalue weighted by molar-refractivity contribution is 0.0810. The second-order valence-electron chi connectivity index (χ2n) is 2.83. The summed E-state index contributed by atoms with van der Waals surface area (Å²) < 4.78 is 0. The number of carbonyl (C=O) groups excluding carboxylic acids is 1. The Labute approximate surface area is 88.0 Å². The molecular formula is C10H11ClN2O. The summed E-state index contributed by atoms with van der Waals surface area (Å²) in [6.07, 6.45) is 4.67. The molecule has 1 heterocycles. The van der Waals surface area contributed by atoms with E-state index in [1.54, 1.807) is 25.4 Å². The number of aromatic nitrogens is 1. The minimum absolute atomic E-state index is 0.150. The van der Waals surface area contributed by atoms with Crippen LogP contribution in [0, 0.1) is 0 Å². The SMILES string of the molecule is C=CCN(C)C(=O)c1cnccc1Cl. The van der Waals surface area contributed by atoms with Crippen LogP contribution in [-0.4, -0.2) is 29.4 Å². The van der Waals surface area contributed by atoms with Crippen molar-refractivity contribution in [3.8, 4) is 0 Å². The van der Waals surface area contributed by atoms with E-state index < -0.39 is 0 Å². The van der Waals surface area contributed by atoms with E-state index in [0.29, 0.717) is 17.1 Å². The predicted molar refractivity (Wildman–Crippen MR) is 56.4 cm³/mol. The molecule has 0 aromatic carbocycles. The maximum Gasteiger partial charge on any atom is 0.256 e. The first-order valence-electron chi connectivity index (χ1n) is 4.12. The van der Waals surface area contributed by atoms with Gasteiger partial charge in [-0.05, 0) is 6.07 Å². The van der Waals surface area contributed by atoms with Gasteiger partial charge in [0.2, 0.25) is 0 Å². The van der Waals surface area contributed by atoms with Gasteiger partial charge in [0, 0.05) is 26.0 Å². The van der Waals surface area contributed by atoms with Crippen LogP contribution in [0.5, 0.6) is 0 Å². The Morgan fingerprint density at radius 1 is 1.79 bits per heavy atom. The molecule has 0 saturated carbocycles. The lowest BCUT2D eigenvalue weighted by Gasteiger charge is -2.14. The monoisotopic (exact) mass is 210 g/mol. The lowest BCUT2D eigenvalue weighted by Crippen LogP contribution is -2.27. The van der Waals surface area contributed by atoms with E-state index >= 15 is 0 Å². The van der Waals surface area contributed by atoms with Crippen LogP contribution in [0.15, 0.2) is 31.1 Å². The van der Waals surface area contributed by atoms with Gasteiger partial charge in [0.15, 0.2) is 0 Å². The van der Waals surface area contributed by atoms with Crippen molar-refractivity contribution >= 4 is 17.5 Å². The van der Waals surface area contributed by atoms with Crippen LogP contribution in [-0.2, 0) is 0 Å². The molecule has 1 aromatic heterocycles. The van der Waals surface area contributed by atoms with Crippen molar-refractivity contribution < 1.29 is 4.79 Å². The molecule has 74 valence electrons. The highest BCUT2D eigenvalue weighted by atomic mass is 35.5. The molecule has 0 atom stereocenters. The van der Waals surface area contributed by atoms with Crippen molar-refractivity contribution in [1.82, 2.24) is 9.88 Å².